The van der Waals surface area contributed by atoms with Crippen LogP contribution < -0.4 is 15.4 Å². The Morgan fingerprint density at radius 3 is 2.26 bits per heavy atom. The zero-order chi connectivity index (χ0) is 27.9. The predicted molar refractivity (Wildman–Crippen MR) is 139 cm³/mol. The van der Waals surface area contributed by atoms with E-state index in [0.29, 0.717) is 32.2 Å². The Balaban J connectivity index is 1.44. The first kappa shape index (κ1) is 28.4. The molecule has 3 saturated carbocycles. The first-order valence-corrected chi connectivity index (χ1v) is 15.1. The van der Waals surface area contributed by atoms with Crippen molar-refractivity contribution in [2.24, 2.45) is 11.3 Å². The fourth-order valence-corrected chi connectivity index (χ4v) is 6.81. The molecule has 1 aliphatic heterocycles. The molecule has 4 amide bonds. The predicted octanol–water partition coefficient (Wildman–Crippen LogP) is 1.73. The van der Waals surface area contributed by atoms with Gasteiger partial charge in [-0.3, -0.25) is 19.1 Å². The third-order valence-corrected chi connectivity index (χ3v) is 9.86. The molecule has 0 aromatic rings. The maximum atomic E-state index is 13.7. The summed E-state index contributed by atoms with van der Waals surface area (Å²) in [5, 5.41) is 4.90. The van der Waals surface area contributed by atoms with E-state index < -0.39 is 68.0 Å². The molecule has 1 heterocycles. The van der Waals surface area contributed by atoms with E-state index in [-0.39, 0.29) is 12.5 Å². The Labute approximate surface area is 224 Å². The minimum absolute atomic E-state index is 0.154. The lowest BCUT2D eigenvalue weighted by molar-refractivity contribution is -0.142. The van der Waals surface area contributed by atoms with Gasteiger partial charge in [-0.1, -0.05) is 26.8 Å². The van der Waals surface area contributed by atoms with Gasteiger partial charge >= 0.3 is 6.09 Å². The average Bonchev–Trinajstić information content (AvgIpc) is 3.69. The molecule has 38 heavy (non-hydrogen) atoms. The smallest absolute Gasteiger partial charge is 0.408 e. The van der Waals surface area contributed by atoms with E-state index >= 15 is 0 Å². The fourth-order valence-electron chi connectivity index (χ4n) is 5.45. The monoisotopic (exact) mass is 552 g/mol. The summed E-state index contributed by atoms with van der Waals surface area (Å²) in [5.74, 6) is -2.12. The number of alkyl carbamates (subject to hydrolysis) is 1. The van der Waals surface area contributed by atoms with Crippen LogP contribution in [-0.2, 0) is 29.1 Å². The molecule has 0 aromatic carbocycles. The largest absolute Gasteiger partial charge is 0.446 e. The number of hydrogen-bond acceptors (Lipinski definition) is 7. The molecule has 212 valence electrons. The summed E-state index contributed by atoms with van der Waals surface area (Å²) in [6.07, 6.45) is 6.54. The zero-order valence-corrected chi connectivity index (χ0v) is 23.3. The van der Waals surface area contributed by atoms with Crippen LogP contribution >= 0.6 is 0 Å². The van der Waals surface area contributed by atoms with E-state index in [9.17, 15) is 27.6 Å². The van der Waals surface area contributed by atoms with Gasteiger partial charge in [-0.15, -0.1) is 6.58 Å². The standard InChI is InChI=1S/C26H40N4O7S/c1-5-16-15-26(16,23(33)29-38(35,36)18-12-13-18)28-21(31)19-11-8-14-30(19)22(32)20(25(2,3)4)27-24(34)37-17-9-6-7-10-17/h5,16-20H,1,6-15H2,2-4H3,(H,27,34)(H,28,31)(H,29,33)/t16-,19+,20-,26-/m1/s1. The van der Waals surface area contributed by atoms with Gasteiger partial charge in [-0.05, 0) is 63.2 Å². The van der Waals surface area contributed by atoms with Gasteiger partial charge in [-0.2, -0.15) is 0 Å². The van der Waals surface area contributed by atoms with E-state index in [0.717, 1.165) is 25.7 Å². The highest BCUT2D eigenvalue weighted by Crippen LogP contribution is 2.45. The van der Waals surface area contributed by atoms with Gasteiger partial charge in [0, 0.05) is 12.5 Å². The van der Waals surface area contributed by atoms with E-state index in [2.05, 4.69) is 21.9 Å². The first-order chi connectivity index (χ1) is 17.8. The molecule has 4 fully saturated rings. The summed E-state index contributed by atoms with van der Waals surface area (Å²) in [4.78, 5) is 54.2. The SMILES string of the molecule is C=C[C@@H]1C[C@]1(NC(=O)[C@@H]1CCCN1C(=O)[C@@H](NC(=O)OC1CCCC1)C(C)(C)C)C(=O)NS(=O)(=O)C1CC1. The van der Waals surface area contributed by atoms with Gasteiger partial charge < -0.3 is 20.3 Å². The number of hydrogen-bond donors (Lipinski definition) is 3. The summed E-state index contributed by atoms with van der Waals surface area (Å²) in [6, 6.07) is -1.77. The van der Waals surface area contributed by atoms with Crippen LogP contribution in [0.2, 0.25) is 0 Å². The van der Waals surface area contributed by atoms with E-state index in [1.165, 1.54) is 11.0 Å². The van der Waals surface area contributed by atoms with Crippen LogP contribution in [0.25, 0.3) is 0 Å². The van der Waals surface area contributed by atoms with Crippen molar-refractivity contribution in [3.8, 4) is 0 Å². The van der Waals surface area contributed by atoms with Crippen molar-refractivity contribution in [3.63, 3.8) is 0 Å². The van der Waals surface area contributed by atoms with Crippen LogP contribution in [0.4, 0.5) is 4.79 Å². The maximum Gasteiger partial charge on any atom is 0.408 e. The van der Waals surface area contributed by atoms with E-state index in [1.807, 2.05) is 20.8 Å². The molecular weight excluding hydrogens is 512 g/mol. The molecule has 0 spiro atoms. The fraction of sp³-hybridized carbons (Fsp3) is 0.769. The third-order valence-electron chi connectivity index (χ3n) is 8.04. The lowest BCUT2D eigenvalue weighted by atomic mass is 9.85. The molecule has 3 N–H and O–H groups in total. The van der Waals surface area contributed by atoms with Crippen LogP contribution in [0.1, 0.15) is 78.6 Å². The second-order valence-electron chi connectivity index (χ2n) is 12.1. The Morgan fingerprint density at radius 1 is 1.05 bits per heavy atom. The Bertz CT molecular complexity index is 1090. The Kier molecular flexibility index (Phi) is 7.84. The normalized spacial score (nSPS) is 28.3. The van der Waals surface area contributed by atoms with Crippen molar-refractivity contribution < 1.29 is 32.3 Å². The summed E-state index contributed by atoms with van der Waals surface area (Å²) in [5.41, 5.74) is -2.07. The van der Waals surface area contributed by atoms with E-state index in [1.54, 1.807) is 0 Å². The van der Waals surface area contributed by atoms with Crippen molar-refractivity contribution in [1.29, 1.82) is 0 Å². The molecule has 1 saturated heterocycles. The summed E-state index contributed by atoms with van der Waals surface area (Å²) < 4.78 is 32.3. The number of nitrogens with one attached hydrogen (secondary N) is 3. The van der Waals surface area contributed by atoms with Crippen LogP contribution in [0.5, 0.6) is 0 Å². The van der Waals surface area contributed by atoms with Gasteiger partial charge in [0.1, 0.15) is 23.7 Å². The van der Waals surface area contributed by atoms with Crippen LogP contribution in [0.3, 0.4) is 0 Å². The van der Waals surface area contributed by atoms with Crippen LogP contribution in [0.15, 0.2) is 12.7 Å². The molecule has 4 atom stereocenters. The molecule has 0 unspecified atom stereocenters. The van der Waals surface area contributed by atoms with Gasteiger partial charge in [0.05, 0.1) is 5.25 Å². The highest BCUT2D eigenvalue weighted by atomic mass is 32.2. The first-order valence-electron chi connectivity index (χ1n) is 13.6. The van der Waals surface area contributed by atoms with Crippen LogP contribution in [0, 0.1) is 11.3 Å². The van der Waals surface area contributed by atoms with Crippen LogP contribution in [-0.4, -0.2) is 72.7 Å². The molecule has 0 bridgehead atoms. The highest BCUT2D eigenvalue weighted by Gasteiger charge is 2.61. The summed E-state index contributed by atoms with van der Waals surface area (Å²) in [6.45, 7) is 9.52. The maximum absolute atomic E-state index is 13.7. The lowest BCUT2D eigenvalue weighted by Crippen LogP contribution is -2.60. The number of amides is 4. The number of rotatable bonds is 9. The van der Waals surface area contributed by atoms with Crippen molar-refractivity contribution >= 4 is 33.8 Å². The molecular formula is C26H40N4O7S. The zero-order valence-electron chi connectivity index (χ0n) is 22.5. The molecule has 4 aliphatic rings. The van der Waals surface area contributed by atoms with Gasteiger partial charge in [-0.25, -0.2) is 13.2 Å². The number of ether oxygens (including phenoxy) is 1. The molecule has 11 nitrogen and oxygen atoms in total. The van der Waals surface area contributed by atoms with E-state index in [4.69, 9.17) is 4.74 Å². The van der Waals surface area contributed by atoms with Crippen molar-refractivity contribution in [2.75, 3.05) is 6.54 Å². The van der Waals surface area contributed by atoms with Gasteiger partial charge in [0.15, 0.2) is 0 Å². The molecule has 3 aliphatic carbocycles. The topological polar surface area (TPSA) is 151 Å². The number of carbonyl (C=O) groups is 4. The number of carbonyl (C=O) groups excluding carboxylic acids is 4. The summed E-state index contributed by atoms with van der Waals surface area (Å²) in [7, 11) is -3.79. The van der Waals surface area contributed by atoms with Crippen molar-refractivity contribution in [1.82, 2.24) is 20.3 Å². The Morgan fingerprint density at radius 2 is 1.71 bits per heavy atom. The van der Waals surface area contributed by atoms with Gasteiger partial charge in [0.25, 0.3) is 5.91 Å². The number of sulfonamides is 1. The second kappa shape index (κ2) is 10.5. The minimum Gasteiger partial charge on any atom is -0.446 e. The molecule has 0 radical (unpaired) electrons. The average molecular weight is 553 g/mol. The minimum atomic E-state index is -3.79. The van der Waals surface area contributed by atoms with Crippen molar-refractivity contribution in [3.05, 3.63) is 12.7 Å². The molecule has 4 rings (SSSR count). The number of nitrogens with zero attached hydrogens (tertiary/aromatic N) is 1. The second-order valence-corrected chi connectivity index (χ2v) is 14.1. The lowest BCUT2D eigenvalue weighted by Gasteiger charge is -2.35. The highest BCUT2D eigenvalue weighted by molar-refractivity contribution is 7.91. The van der Waals surface area contributed by atoms with Gasteiger partial charge in [0.2, 0.25) is 21.8 Å². The number of likely N-dealkylation sites (tertiary alicyclic amines) is 1. The third kappa shape index (κ3) is 6.00. The Hall–Kier alpha value is -2.63. The summed E-state index contributed by atoms with van der Waals surface area (Å²) >= 11 is 0. The quantitative estimate of drug-likeness (QED) is 0.369. The molecule has 0 aromatic heterocycles. The molecule has 12 heteroatoms. The van der Waals surface area contributed by atoms with Crippen molar-refractivity contribution in [2.45, 2.75) is 108 Å².